The zero-order valence-electron chi connectivity index (χ0n) is 10.4. The molecule has 0 heterocycles. The van der Waals surface area contributed by atoms with Crippen molar-refractivity contribution in [2.45, 2.75) is 6.92 Å². The Morgan fingerprint density at radius 3 is 2.90 bits per heavy atom. The highest BCUT2D eigenvalue weighted by Crippen LogP contribution is 2.21. The van der Waals surface area contributed by atoms with Gasteiger partial charge in [0.15, 0.2) is 5.57 Å². The van der Waals surface area contributed by atoms with Gasteiger partial charge in [-0.3, -0.25) is 10.1 Å². The summed E-state index contributed by atoms with van der Waals surface area (Å²) in [6.45, 7) is 1.66. The summed E-state index contributed by atoms with van der Waals surface area (Å²) >= 11 is 0. The Hall–Kier alpha value is -2.95. The zero-order chi connectivity index (χ0) is 15.1. The first kappa shape index (κ1) is 15.1. The highest BCUT2D eigenvalue weighted by molar-refractivity contribution is 5.93. The minimum absolute atomic E-state index is 0.0863. The molecular formula is C12H10FN3O4. The Kier molecular flexibility index (Phi) is 5.17. The highest BCUT2D eigenvalue weighted by Gasteiger charge is 2.12. The molecule has 0 aliphatic carbocycles. The Morgan fingerprint density at radius 2 is 2.35 bits per heavy atom. The summed E-state index contributed by atoms with van der Waals surface area (Å²) in [4.78, 5) is 21.2. The van der Waals surface area contributed by atoms with Crippen molar-refractivity contribution in [3.8, 4) is 6.07 Å². The zero-order valence-corrected chi connectivity index (χ0v) is 10.4. The topological polar surface area (TPSA) is 105 Å². The lowest BCUT2D eigenvalue weighted by Crippen LogP contribution is -2.08. The molecule has 0 unspecified atom stereocenters. The molecule has 0 radical (unpaired) electrons. The maximum atomic E-state index is 13.4. The average Bonchev–Trinajstić information content (AvgIpc) is 2.41. The van der Waals surface area contributed by atoms with Crippen LogP contribution in [0.1, 0.15) is 6.92 Å². The SMILES string of the molecule is CCOC(=O)C(C#N)=CNc1cc([N+](=O)[O-])ccc1F. The maximum Gasteiger partial charge on any atom is 0.350 e. The molecule has 0 saturated carbocycles. The second-order valence-electron chi connectivity index (χ2n) is 3.46. The van der Waals surface area contributed by atoms with E-state index in [-0.39, 0.29) is 23.6 Å². The highest BCUT2D eigenvalue weighted by atomic mass is 19.1. The fourth-order valence-electron chi connectivity index (χ4n) is 1.23. The van der Waals surface area contributed by atoms with Crippen LogP contribution in [-0.4, -0.2) is 17.5 Å². The number of ether oxygens (including phenoxy) is 1. The van der Waals surface area contributed by atoms with Crippen LogP contribution in [0.3, 0.4) is 0 Å². The number of nitro benzene ring substituents is 1. The van der Waals surface area contributed by atoms with Crippen molar-refractivity contribution in [2.75, 3.05) is 11.9 Å². The van der Waals surface area contributed by atoms with Crippen molar-refractivity contribution in [1.82, 2.24) is 0 Å². The fourth-order valence-corrected chi connectivity index (χ4v) is 1.23. The summed E-state index contributed by atoms with van der Waals surface area (Å²) in [5.41, 5.74) is -0.925. The minimum atomic E-state index is -0.867. The molecule has 0 fully saturated rings. The molecule has 0 bridgehead atoms. The summed E-state index contributed by atoms with van der Waals surface area (Å²) in [7, 11) is 0. The number of nitrogens with one attached hydrogen (secondary N) is 1. The van der Waals surface area contributed by atoms with E-state index in [1.54, 1.807) is 13.0 Å². The Balaban J connectivity index is 2.98. The second-order valence-corrected chi connectivity index (χ2v) is 3.46. The van der Waals surface area contributed by atoms with E-state index in [9.17, 15) is 19.3 Å². The summed E-state index contributed by atoms with van der Waals surface area (Å²) in [5.74, 6) is -1.62. The molecular weight excluding hydrogens is 269 g/mol. The van der Waals surface area contributed by atoms with Crippen LogP contribution in [0.25, 0.3) is 0 Å². The van der Waals surface area contributed by atoms with Gasteiger partial charge >= 0.3 is 5.97 Å². The molecule has 1 aromatic carbocycles. The Morgan fingerprint density at radius 1 is 1.65 bits per heavy atom. The number of nitrogens with zero attached hydrogens (tertiary/aromatic N) is 2. The van der Waals surface area contributed by atoms with Crippen molar-refractivity contribution in [3.05, 3.63) is 45.9 Å². The number of nitriles is 1. The van der Waals surface area contributed by atoms with E-state index in [4.69, 9.17) is 5.26 Å². The molecule has 104 valence electrons. The van der Waals surface area contributed by atoms with Gasteiger partial charge in [0.05, 0.1) is 17.2 Å². The standard InChI is InChI=1S/C12H10FN3O4/c1-2-20-12(17)8(6-14)7-15-11-5-9(16(18)19)3-4-10(11)13/h3-5,7,15H,2H2,1H3. The van der Waals surface area contributed by atoms with Gasteiger partial charge in [0.2, 0.25) is 0 Å². The van der Waals surface area contributed by atoms with Crippen LogP contribution in [0.2, 0.25) is 0 Å². The van der Waals surface area contributed by atoms with E-state index in [0.29, 0.717) is 0 Å². The predicted octanol–water partition coefficient (Wildman–Crippen LogP) is 2.12. The van der Waals surface area contributed by atoms with Crippen molar-refractivity contribution in [1.29, 1.82) is 5.26 Å². The van der Waals surface area contributed by atoms with E-state index < -0.39 is 16.7 Å². The third-order valence-corrected chi connectivity index (χ3v) is 2.15. The number of nitro groups is 1. The number of esters is 1. The number of halogens is 1. The Labute approximate surface area is 113 Å². The number of hydrogen-bond acceptors (Lipinski definition) is 6. The molecule has 0 saturated heterocycles. The smallest absolute Gasteiger partial charge is 0.350 e. The van der Waals surface area contributed by atoms with Crippen molar-refractivity contribution >= 4 is 17.3 Å². The molecule has 0 atom stereocenters. The molecule has 8 heteroatoms. The third-order valence-electron chi connectivity index (χ3n) is 2.15. The van der Waals surface area contributed by atoms with Crippen LogP contribution in [-0.2, 0) is 9.53 Å². The first-order valence-electron chi connectivity index (χ1n) is 5.47. The summed E-state index contributed by atoms with van der Waals surface area (Å²) in [6.07, 6.45) is 0.931. The van der Waals surface area contributed by atoms with Gasteiger partial charge in [0, 0.05) is 18.3 Å². The van der Waals surface area contributed by atoms with Crippen LogP contribution in [0.5, 0.6) is 0 Å². The molecule has 0 aliphatic heterocycles. The minimum Gasteiger partial charge on any atom is -0.462 e. The monoisotopic (exact) mass is 279 g/mol. The van der Waals surface area contributed by atoms with Crippen LogP contribution < -0.4 is 5.32 Å². The lowest BCUT2D eigenvalue weighted by atomic mass is 10.2. The van der Waals surface area contributed by atoms with E-state index in [1.165, 1.54) is 0 Å². The first-order chi connectivity index (χ1) is 9.49. The largest absolute Gasteiger partial charge is 0.462 e. The predicted molar refractivity (Wildman–Crippen MR) is 67.0 cm³/mol. The molecule has 0 spiro atoms. The molecule has 1 N–H and O–H groups in total. The number of non-ortho nitro benzene ring substituents is 1. The van der Waals surface area contributed by atoms with Crippen molar-refractivity contribution in [3.63, 3.8) is 0 Å². The summed E-state index contributed by atoms with van der Waals surface area (Å²) < 4.78 is 18.0. The van der Waals surface area contributed by atoms with Crippen LogP contribution >= 0.6 is 0 Å². The maximum absolute atomic E-state index is 13.4. The van der Waals surface area contributed by atoms with Gasteiger partial charge in [0.1, 0.15) is 11.9 Å². The Bertz CT molecular complexity index is 607. The molecule has 1 rings (SSSR count). The molecule has 7 nitrogen and oxygen atoms in total. The van der Waals surface area contributed by atoms with Crippen LogP contribution in [0.4, 0.5) is 15.8 Å². The van der Waals surface area contributed by atoms with Crippen molar-refractivity contribution in [2.24, 2.45) is 0 Å². The fraction of sp³-hybridized carbons (Fsp3) is 0.167. The average molecular weight is 279 g/mol. The normalized spacial score (nSPS) is 10.6. The van der Waals surface area contributed by atoms with Crippen LogP contribution in [0.15, 0.2) is 30.0 Å². The summed E-state index contributed by atoms with van der Waals surface area (Å²) in [6, 6.07) is 4.44. The van der Waals surface area contributed by atoms with E-state index in [0.717, 1.165) is 24.4 Å². The van der Waals surface area contributed by atoms with Crippen molar-refractivity contribution < 1.29 is 18.8 Å². The number of rotatable bonds is 5. The van der Waals surface area contributed by atoms with Gasteiger partial charge in [-0.2, -0.15) is 5.26 Å². The lowest BCUT2D eigenvalue weighted by Gasteiger charge is -2.04. The number of carbonyl (C=O) groups is 1. The van der Waals surface area contributed by atoms with Gasteiger partial charge < -0.3 is 10.1 Å². The van der Waals surface area contributed by atoms with E-state index in [1.807, 2.05) is 0 Å². The quantitative estimate of drug-likeness (QED) is 0.291. The van der Waals surface area contributed by atoms with Crippen LogP contribution in [0, 0.1) is 27.3 Å². The van der Waals surface area contributed by atoms with Gasteiger partial charge in [-0.25, -0.2) is 9.18 Å². The molecule has 0 aliphatic rings. The lowest BCUT2D eigenvalue weighted by molar-refractivity contribution is -0.384. The number of hydrogen-bond donors (Lipinski definition) is 1. The third kappa shape index (κ3) is 3.78. The second kappa shape index (κ2) is 6.84. The number of benzene rings is 1. The van der Waals surface area contributed by atoms with Gasteiger partial charge in [0.25, 0.3) is 5.69 Å². The summed E-state index contributed by atoms with van der Waals surface area (Å²) in [5, 5.41) is 21.7. The number of carbonyl (C=O) groups excluding carboxylic acids is 1. The molecule has 20 heavy (non-hydrogen) atoms. The van der Waals surface area contributed by atoms with Gasteiger partial charge in [-0.05, 0) is 13.0 Å². The number of anilines is 1. The van der Waals surface area contributed by atoms with Gasteiger partial charge in [-0.15, -0.1) is 0 Å². The van der Waals surface area contributed by atoms with E-state index >= 15 is 0 Å². The van der Waals surface area contributed by atoms with E-state index in [2.05, 4.69) is 10.1 Å². The molecule has 1 aromatic rings. The first-order valence-corrected chi connectivity index (χ1v) is 5.47. The van der Waals surface area contributed by atoms with Gasteiger partial charge in [-0.1, -0.05) is 0 Å². The molecule has 0 aromatic heterocycles. The molecule has 0 amide bonds.